The van der Waals surface area contributed by atoms with E-state index in [4.69, 9.17) is 18.0 Å². The average Bonchev–Trinajstić information content (AvgIpc) is 2.35. The molecule has 0 radical (unpaired) electrons. The van der Waals surface area contributed by atoms with Gasteiger partial charge in [-0.2, -0.15) is 4.31 Å². The number of sulfonamides is 1. The summed E-state index contributed by atoms with van der Waals surface area (Å²) in [5.74, 6) is -1.05. The number of halogens is 1. The highest BCUT2D eigenvalue weighted by molar-refractivity contribution is 7.91. The van der Waals surface area contributed by atoms with Crippen LogP contribution >= 0.6 is 12.2 Å². The normalized spacial score (nSPS) is 14.1. The molecule has 2 N–H and O–H groups in total. The number of benzene rings is 1. The van der Waals surface area contributed by atoms with E-state index in [1.165, 1.54) is 14.0 Å². The Morgan fingerprint density at radius 1 is 1.33 bits per heavy atom. The highest BCUT2D eigenvalue weighted by Gasteiger charge is 2.30. The molecule has 0 aliphatic carbocycles. The highest BCUT2D eigenvalue weighted by Crippen LogP contribution is 2.23. The largest absolute Gasteiger partial charge is 0.392 e. The van der Waals surface area contributed by atoms with Crippen molar-refractivity contribution in [1.82, 2.24) is 4.31 Å². The summed E-state index contributed by atoms with van der Waals surface area (Å²) in [5, 5.41) is 0. The summed E-state index contributed by atoms with van der Waals surface area (Å²) < 4.78 is 62.2. The molecule has 0 aromatic heterocycles. The van der Waals surface area contributed by atoms with Crippen molar-refractivity contribution >= 4 is 37.1 Å². The lowest BCUT2D eigenvalue weighted by molar-refractivity contribution is 0.445. The SMILES string of the molecule is CC(C(N)=S)N(C)S(=O)(=O)c1cc(S(C)(=O)=O)ccc1F. The number of nitrogens with two attached hydrogens (primary N) is 1. The maximum atomic E-state index is 13.8. The molecule has 21 heavy (non-hydrogen) atoms. The number of rotatable bonds is 5. The van der Waals surface area contributed by atoms with Crippen molar-refractivity contribution in [1.29, 1.82) is 0 Å². The Morgan fingerprint density at radius 3 is 2.29 bits per heavy atom. The molecule has 1 unspecified atom stereocenters. The van der Waals surface area contributed by atoms with Gasteiger partial charge in [0.2, 0.25) is 10.0 Å². The van der Waals surface area contributed by atoms with Crippen molar-refractivity contribution in [3.8, 4) is 0 Å². The molecule has 1 rings (SSSR count). The summed E-state index contributed by atoms with van der Waals surface area (Å²) in [4.78, 5) is -1.12. The third kappa shape index (κ3) is 3.76. The van der Waals surface area contributed by atoms with Crippen molar-refractivity contribution in [3.05, 3.63) is 24.0 Å². The molecule has 0 bridgehead atoms. The van der Waals surface area contributed by atoms with Gasteiger partial charge in [-0.1, -0.05) is 12.2 Å². The van der Waals surface area contributed by atoms with E-state index in [1.54, 1.807) is 0 Å². The number of hydrogen-bond acceptors (Lipinski definition) is 5. The van der Waals surface area contributed by atoms with Gasteiger partial charge in [0.15, 0.2) is 9.84 Å². The predicted molar refractivity (Wildman–Crippen MR) is 80.7 cm³/mol. The highest BCUT2D eigenvalue weighted by atomic mass is 32.2. The molecule has 10 heteroatoms. The zero-order valence-corrected chi connectivity index (χ0v) is 14.0. The lowest BCUT2D eigenvalue weighted by Gasteiger charge is -2.23. The molecule has 1 aromatic rings. The molecule has 0 heterocycles. The minimum atomic E-state index is -4.27. The first-order chi connectivity index (χ1) is 9.39. The van der Waals surface area contributed by atoms with Gasteiger partial charge in [0.25, 0.3) is 0 Å². The fraction of sp³-hybridized carbons (Fsp3) is 0.364. The van der Waals surface area contributed by atoms with Crippen molar-refractivity contribution in [2.24, 2.45) is 5.73 Å². The molecule has 0 amide bonds. The van der Waals surface area contributed by atoms with Crippen LogP contribution in [0.25, 0.3) is 0 Å². The first kappa shape index (κ1) is 18.0. The van der Waals surface area contributed by atoms with Crippen molar-refractivity contribution < 1.29 is 21.2 Å². The number of likely N-dealkylation sites (N-methyl/N-ethyl adjacent to an activating group) is 1. The van der Waals surface area contributed by atoms with Gasteiger partial charge in [-0.05, 0) is 25.1 Å². The summed E-state index contributed by atoms with van der Waals surface area (Å²) in [5.41, 5.74) is 5.38. The molecular weight excluding hydrogens is 339 g/mol. The van der Waals surface area contributed by atoms with E-state index >= 15 is 0 Å². The fourth-order valence-electron chi connectivity index (χ4n) is 1.45. The molecular formula is C11H15FN2O4S3. The van der Waals surface area contributed by atoms with E-state index < -0.39 is 36.6 Å². The van der Waals surface area contributed by atoms with Gasteiger partial charge in [0.05, 0.1) is 15.9 Å². The summed E-state index contributed by atoms with van der Waals surface area (Å²) in [7, 11) is -6.75. The predicted octanol–water partition coefficient (Wildman–Crippen LogP) is 0.524. The van der Waals surface area contributed by atoms with E-state index in [2.05, 4.69) is 0 Å². The first-order valence-corrected chi connectivity index (χ1v) is 9.40. The number of nitrogens with zero attached hydrogens (tertiary/aromatic N) is 1. The molecule has 0 fully saturated rings. The average molecular weight is 354 g/mol. The second-order valence-corrected chi connectivity index (χ2v) is 8.92. The van der Waals surface area contributed by atoms with Gasteiger partial charge in [-0.3, -0.25) is 0 Å². The van der Waals surface area contributed by atoms with Crippen molar-refractivity contribution in [3.63, 3.8) is 0 Å². The zero-order chi connectivity index (χ0) is 16.6. The van der Waals surface area contributed by atoms with Crippen LogP contribution in [0.1, 0.15) is 6.92 Å². The molecule has 0 saturated carbocycles. The Bertz CT molecular complexity index is 775. The second kappa shape index (κ2) is 5.95. The Hall–Kier alpha value is -1.10. The van der Waals surface area contributed by atoms with Gasteiger partial charge < -0.3 is 5.73 Å². The van der Waals surface area contributed by atoms with Gasteiger partial charge >= 0.3 is 0 Å². The van der Waals surface area contributed by atoms with E-state index in [9.17, 15) is 21.2 Å². The van der Waals surface area contributed by atoms with E-state index in [0.717, 1.165) is 28.8 Å². The fourth-order valence-corrected chi connectivity index (χ4v) is 3.83. The lowest BCUT2D eigenvalue weighted by atomic mass is 10.3. The number of hydrogen-bond donors (Lipinski definition) is 1. The zero-order valence-electron chi connectivity index (χ0n) is 11.6. The van der Waals surface area contributed by atoms with Crippen LogP contribution in [-0.2, 0) is 19.9 Å². The Morgan fingerprint density at radius 2 is 1.86 bits per heavy atom. The monoisotopic (exact) mass is 354 g/mol. The molecule has 0 saturated heterocycles. The van der Waals surface area contributed by atoms with Gasteiger partial charge in [-0.25, -0.2) is 21.2 Å². The van der Waals surface area contributed by atoms with Crippen LogP contribution in [-0.4, -0.2) is 45.5 Å². The van der Waals surface area contributed by atoms with Crippen LogP contribution in [0.2, 0.25) is 0 Å². The Labute approximate surface area is 128 Å². The molecule has 118 valence electrons. The second-order valence-electron chi connectivity index (χ2n) is 4.46. The summed E-state index contributed by atoms with van der Waals surface area (Å²) in [6.45, 7) is 1.44. The van der Waals surface area contributed by atoms with Crippen LogP contribution < -0.4 is 5.73 Å². The van der Waals surface area contributed by atoms with Gasteiger partial charge in [-0.15, -0.1) is 0 Å². The lowest BCUT2D eigenvalue weighted by Crippen LogP contribution is -2.42. The maximum absolute atomic E-state index is 13.8. The van der Waals surface area contributed by atoms with Crippen LogP contribution in [0.5, 0.6) is 0 Å². The minimum absolute atomic E-state index is 0.0826. The molecule has 6 nitrogen and oxygen atoms in total. The minimum Gasteiger partial charge on any atom is -0.392 e. The van der Waals surface area contributed by atoms with Crippen molar-refractivity contribution in [2.75, 3.05) is 13.3 Å². The quantitative estimate of drug-likeness (QED) is 0.612. The molecule has 0 spiro atoms. The summed E-state index contributed by atoms with van der Waals surface area (Å²) >= 11 is 4.71. The van der Waals surface area contributed by atoms with Crippen molar-refractivity contribution in [2.45, 2.75) is 22.8 Å². The van der Waals surface area contributed by atoms with Crippen LogP contribution in [0.3, 0.4) is 0 Å². The Balaban J connectivity index is 3.48. The third-order valence-electron chi connectivity index (χ3n) is 2.95. The number of sulfone groups is 1. The van der Waals surface area contributed by atoms with Crippen LogP contribution in [0, 0.1) is 5.82 Å². The summed E-state index contributed by atoms with van der Waals surface area (Å²) in [6.07, 6.45) is 0.901. The third-order valence-corrected chi connectivity index (χ3v) is 6.34. The van der Waals surface area contributed by atoms with E-state index in [-0.39, 0.29) is 9.88 Å². The molecule has 0 aliphatic rings. The number of thiocarbonyl (C=S) groups is 1. The van der Waals surface area contributed by atoms with Gasteiger partial charge in [0, 0.05) is 13.3 Å². The molecule has 0 aliphatic heterocycles. The molecule has 1 atom stereocenters. The van der Waals surface area contributed by atoms with E-state index in [0.29, 0.717) is 0 Å². The topological polar surface area (TPSA) is 97.5 Å². The van der Waals surface area contributed by atoms with Gasteiger partial charge in [0.1, 0.15) is 10.7 Å². The smallest absolute Gasteiger partial charge is 0.246 e. The molecule has 1 aromatic carbocycles. The van der Waals surface area contributed by atoms with E-state index in [1.807, 2.05) is 0 Å². The maximum Gasteiger partial charge on any atom is 0.246 e. The van der Waals surface area contributed by atoms with Crippen LogP contribution in [0.4, 0.5) is 4.39 Å². The standard InChI is InChI=1S/C11H15FN2O4S3/c1-7(11(13)19)14(2)21(17,18)10-6-8(20(3,15)16)4-5-9(10)12/h4-7H,1-3H3,(H2,13,19). The first-order valence-electron chi connectivity index (χ1n) is 5.66. The Kier molecular flexibility index (Phi) is 5.09. The van der Waals surface area contributed by atoms with Crippen LogP contribution in [0.15, 0.2) is 28.0 Å². The summed E-state index contributed by atoms with van der Waals surface area (Å²) in [6, 6.07) is 1.73.